The highest BCUT2D eigenvalue weighted by Gasteiger charge is 2.16. The summed E-state index contributed by atoms with van der Waals surface area (Å²) >= 11 is 0. The Hall–Kier alpha value is -1.78. The first-order valence-electron chi connectivity index (χ1n) is 3.88. The minimum Gasteiger partial charge on any atom is -0.464 e. The van der Waals surface area contributed by atoms with Gasteiger partial charge >= 0.3 is 5.97 Å². The summed E-state index contributed by atoms with van der Waals surface area (Å²) in [5.74, 6) is 0.303. The van der Waals surface area contributed by atoms with E-state index in [0.717, 1.165) is 0 Å². The molecule has 0 radical (unpaired) electrons. The fraction of sp³-hybridized carbons (Fsp3) is 0.250. The van der Waals surface area contributed by atoms with Crippen molar-refractivity contribution in [2.24, 2.45) is 0 Å². The van der Waals surface area contributed by atoms with Crippen molar-refractivity contribution in [3.05, 3.63) is 24.2 Å². The molecule has 0 fully saturated rings. The second kappa shape index (κ2) is 2.93. The van der Waals surface area contributed by atoms with Crippen LogP contribution in [-0.2, 0) is 16.1 Å². The lowest BCUT2D eigenvalue weighted by atomic mass is 10.3. The largest absolute Gasteiger partial charge is 0.464 e. The van der Waals surface area contributed by atoms with E-state index in [4.69, 9.17) is 0 Å². The van der Waals surface area contributed by atoms with Crippen molar-refractivity contribution in [2.45, 2.75) is 6.54 Å². The van der Waals surface area contributed by atoms with Gasteiger partial charge in [-0.05, 0) is 6.08 Å². The molecular formula is C8H9N3O2. The fourth-order valence-corrected chi connectivity index (χ4v) is 1.19. The molecule has 1 aromatic rings. The van der Waals surface area contributed by atoms with E-state index in [-0.39, 0.29) is 5.97 Å². The third kappa shape index (κ3) is 1.28. The maximum atomic E-state index is 11.1. The predicted molar refractivity (Wildman–Crippen MR) is 45.9 cm³/mol. The lowest BCUT2D eigenvalue weighted by Crippen LogP contribution is -2.20. The molecule has 1 aliphatic heterocycles. The van der Waals surface area contributed by atoms with E-state index in [2.05, 4.69) is 15.0 Å². The molecule has 0 saturated carbocycles. The number of carbonyl (C=O) groups excluding carboxylic acids is 1. The highest BCUT2D eigenvalue weighted by atomic mass is 16.5. The molecule has 5 heteroatoms. The summed E-state index contributed by atoms with van der Waals surface area (Å²) in [4.78, 5) is 15.1. The first-order valence-corrected chi connectivity index (χ1v) is 3.88. The number of nitrogens with zero attached hydrogens (tertiary/aromatic N) is 2. The summed E-state index contributed by atoms with van der Waals surface area (Å²) in [6.07, 6.45) is 5.28. The van der Waals surface area contributed by atoms with E-state index in [9.17, 15) is 4.79 Å². The summed E-state index contributed by atoms with van der Waals surface area (Å²) in [6.45, 7) is 0.646. The molecule has 0 aliphatic carbocycles. The molecule has 13 heavy (non-hydrogen) atoms. The van der Waals surface area contributed by atoms with Gasteiger partial charge < -0.3 is 14.6 Å². The number of fused-ring (bicyclic) bond motifs is 1. The minimum atomic E-state index is -0.366. The Labute approximate surface area is 75.0 Å². The van der Waals surface area contributed by atoms with Crippen molar-refractivity contribution >= 4 is 11.9 Å². The van der Waals surface area contributed by atoms with Gasteiger partial charge in [0.2, 0.25) is 5.95 Å². The van der Waals surface area contributed by atoms with Crippen LogP contribution >= 0.6 is 0 Å². The van der Waals surface area contributed by atoms with Crippen LogP contribution < -0.4 is 5.32 Å². The van der Waals surface area contributed by atoms with Crippen LogP contribution in [0.5, 0.6) is 0 Å². The van der Waals surface area contributed by atoms with Gasteiger partial charge in [0.25, 0.3) is 0 Å². The van der Waals surface area contributed by atoms with Gasteiger partial charge in [-0.25, -0.2) is 9.78 Å². The van der Waals surface area contributed by atoms with Crippen molar-refractivity contribution in [2.75, 3.05) is 12.4 Å². The van der Waals surface area contributed by atoms with Gasteiger partial charge in [-0.1, -0.05) is 0 Å². The zero-order chi connectivity index (χ0) is 9.26. The topological polar surface area (TPSA) is 56.2 Å². The molecule has 68 valence electrons. The summed E-state index contributed by atoms with van der Waals surface area (Å²) in [5, 5.41) is 2.87. The summed E-state index contributed by atoms with van der Waals surface area (Å²) in [6, 6.07) is 0. The Kier molecular flexibility index (Phi) is 1.77. The maximum absolute atomic E-state index is 11.1. The van der Waals surface area contributed by atoms with E-state index in [1.54, 1.807) is 12.3 Å². The molecule has 0 aromatic carbocycles. The number of aromatic nitrogens is 2. The van der Waals surface area contributed by atoms with E-state index in [1.807, 2.05) is 10.8 Å². The van der Waals surface area contributed by atoms with Crippen LogP contribution in [0.15, 0.2) is 24.2 Å². The van der Waals surface area contributed by atoms with Crippen molar-refractivity contribution in [1.82, 2.24) is 9.55 Å². The number of hydrogen-bond acceptors (Lipinski definition) is 4. The minimum absolute atomic E-state index is 0.366. The number of rotatable bonds is 1. The summed E-state index contributed by atoms with van der Waals surface area (Å²) in [7, 11) is 1.35. The molecule has 1 aliphatic rings. The number of carbonyl (C=O) groups is 1. The Morgan fingerprint density at radius 1 is 1.77 bits per heavy atom. The van der Waals surface area contributed by atoms with Crippen molar-refractivity contribution in [1.29, 1.82) is 0 Å². The monoisotopic (exact) mass is 179 g/mol. The zero-order valence-electron chi connectivity index (χ0n) is 7.15. The van der Waals surface area contributed by atoms with Crippen molar-refractivity contribution in [3.8, 4) is 0 Å². The quantitative estimate of drug-likeness (QED) is 0.632. The average molecular weight is 179 g/mol. The van der Waals surface area contributed by atoms with Crippen LogP contribution in [0, 0.1) is 0 Å². The number of imidazole rings is 1. The number of ether oxygens (including phenoxy) is 1. The highest BCUT2D eigenvalue weighted by Crippen LogP contribution is 2.14. The standard InChI is InChI=1S/C8H9N3O2/c1-13-7(12)6-2-4-11-5-3-9-8(11)10-6/h2-3,5H,4H2,1H3,(H,9,10). The van der Waals surface area contributed by atoms with E-state index < -0.39 is 0 Å². The van der Waals surface area contributed by atoms with Gasteiger partial charge in [0.05, 0.1) is 7.11 Å². The molecule has 1 aromatic heterocycles. The Bertz CT molecular complexity index is 367. The Morgan fingerprint density at radius 3 is 3.38 bits per heavy atom. The fourth-order valence-electron chi connectivity index (χ4n) is 1.19. The number of hydrogen-bond donors (Lipinski definition) is 1. The number of methoxy groups -OCH3 is 1. The third-order valence-electron chi connectivity index (χ3n) is 1.86. The van der Waals surface area contributed by atoms with Crippen LogP contribution in [0.1, 0.15) is 0 Å². The lowest BCUT2D eigenvalue weighted by Gasteiger charge is -2.14. The normalized spacial score (nSPS) is 14.1. The van der Waals surface area contributed by atoms with Crippen molar-refractivity contribution in [3.63, 3.8) is 0 Å². The first kappa shape index (κ1) is 7.85. The SMILES string of the molecule is COC(=O)C1=CCn2ccnc2N1. The second-order valence-electron chi connectivity index (χ2n) is 2.64. The Morgan fingerprint density at radius 2 is 2.62 bits per heavy atom. The van der Waals surface area contributed by atoms with E-state index in [1.165, 1.54) is 7.11 Å². The van der Waals surface area contributed by atoms with Crippen LogP contribution in [0.4, 0.5) is 5.95 Å². The number of allylic oxidation sites excluding steroid dienone is 1. The van der Waals surface area contributed by atoms with Gasteiger partial charge in [0, 0.05) is 18.9 Å². The third-order valence-corrected chi connectivity index (χ3v) is 1.86. The van der Waals surface area contributed by atoms with Gasteiger partial charge in [-0.3, -0.25) is 0 Å². The smallest absolute Gasteiger partial charge is 0.354 e. The molecule has 0 atom stereocenters. The van der Waals surface area contributed by atoms with Crippen LogP contribution in [-0.4, -0.2) is 22.6 Å². The molecule has 0 amide bonds. The number of anilines is 1. The molecule has 0 unspecified atom stereocenters. The maximum Gasteiger partial charge on any atom is 0.354 e. The predicted octanol–water partition coefficient (Wildman–Crippen LogP) is 0.365. The average Bonchev–Trinajstić information content (AvgIpc) is 2.63. The molecule has 0 spiro atoms. The first-order chi connectivity index (χ1) is 6.31. The summed E-state index contributed by atoms with van der Waals surface area (Å²) in [5.41, 5.74) is 0.446. The van der Waals surface area contributed by atoms with Crippen LogP contribution in [0.3, 0.4) is 0 Å². The van der Waals surface area contributed by atoms with E-state index in [0.29, 0.717) is 18.2 Å². The van der Waals surface area contributed by atoms with Gasteiger partial charge in [-0.2, -0.15) is 0 Å². The van der Waals surface area contributed by atoms with Crippen LogP contribution in [0.2, 0.25) is 0 Å². The molecule has 1 N–H and O–H groups in total. The van der Waals surface area contributed by atoms with E-state index >= 15 is 0 Å². The highest BCUT2D eigenvalue weighted by molar-refractivity contribution is 5.91. The molecule has 2 heterocycles. The zero-order valence-corrected chi connectivity index (χ0v) is 7.15. The molecule has 0 bridgehead atoms. The molecular weight excluding hydrogens is 170 g/mol. The lowest BCUT2D eigenvalue weighted by molar-refractivity contribution is -0.135. The van der Waals surface area contributed by atoms with Crippen molar-refractivity contribution < 1.29 is 9.53 Å². The van der Waals surface area contributed by atoms with Gasteiger partial charge in [0.1, 0.15) is 5.70 Å². The van der Waals surface area contributed by atoms with Gasteiger partial charge in [-0.15, -0.1) is 0 Å². The van der Waals surface area contributed by atoms with Gasteiger partial charge in [0.15, 0.2) is 0 Å². The van der Waals surface area contributed by atoms with Crippen LogP contribution in [0.25, 0.3) is 0 Å². The number of nitrogens with one attached hydrogen (secondary N) is 1. The Balaban J connectivity index is 2.21. The molecule has 5 nitrogen and oxygen atoms in total. The summed E-state index contributed by atoms with van der Waals surface area (Å²) < 4.78 is 6.47. The molecule has 0 saturated heterocycles. The number of esters is 1. The molecule has 2 rings (SSSR count). The second-order valence-corrected chi connectivity index (χ2v) is 2.64.